The predicted molar refractivity (Wildman–Crippen MR) is 119 cm³/mol. The van der Waals surface area contributed by atoms with E-state index in [0.29, 0.717) is 4.91 Å². The van der Waals surface area contributed by atoms with Crippen molar-refractivity contribution in [1.29, 1.82) is 0 Å². The van der Waals surface area contributed by atoms with E-state index in [4.69, 9.17) is 11.6 Å². The van der Waals surface area contributed by atoms with Gasteiger partial charge in [0.25, 0.3) is 5.91 Å². The number of amidine groups is 1. The number of allylic oxidation sites excluding steroid dienone is 2. The Morgan fingerprint density at radius 2 is 1.61 bits per heavy atom. The molecule has 0 radical (unpaired) electrons. The van der Waals surface area contributed by atoms with Crippen LogP contribution in [-0.4, -0.2) is 42.2 Å². The second-order valence-corrected chi connectivity index (χ2v) is 7.94. The molecule has 1 amide bonds. The second kappa shape index (κ2) is 8.67. The van der Waals surface area contributed by atoms with Crippen molar-refractivity contribution in [3.8, 4) is 0 Å². The largest absolute Gasteiger partial charge is 0.367 e. The molecule has 0 saturated carbocycles. The minimum atomic E-state index is -0.161. The van der Waals surface area contributed by atoms with Crippen molar-refractivity contribution in [3.63, 3.8) is 0 Å². The molecule has 0 unspecified atom stereocenters. The number of anilines is 1. The molecule has 1 saturated heterocycles. The van der Waals surface area contributed by atoms with E-state index in [1.54, 1.807) is 0 Å². The molecular weight excluding hydrogens is 390 g/mol. The van der Waals surface area contributed by atoms with E-state index in [-0.39, 0.29) is 5.91 Å². The molecule has 2 aliphatic rings. The average Bonchev–Trinajstić information content (AvgIpc) is 3.10. The molecule has 0 N–H and O–H groups in total. The van der Waals surface area contributed by atoms with Crippen molar-refractivity contribution in [1.82, 2.24) is 4.90 Å². The number of nitrogens with zero attached hydrogens (tertiary/aromatic N) is 3. The van der Waals surface area contributed by atoms with Crippen LogP contribution in [0.4, 0.5) is 5.69 Å². The number of hydrogen-bond acceptors (Lipinski definition) is 4. The molecule has 1 fully saturated rings. The number of rotatable bonds is 3. The Morgan fingerprint density at radius 1 is 0.929 bits per heavy atom. The van der Waals surface area contributed by atoms with E-state index in [1.165, 1.54) is 11.8 Å². The number of para-hydroxylation sites is 1. The van der Waals surface area contributed by atoms with Gasteiger partial charge in [-0.1, -0.05) is 66.2 Å². The standard InChI is InChI=1S/C22H20ClN3OS/c23-18-10-4-5-11-19(18)25-13-15-26(16-14-25)22-24-21(27)20(28-22)12-6-9-17-7-2-1-3-8-17/h1-12H,13-16H2. The molecule has 142 valence electrons. The molecule has 4 rings (SSSR count). The van der Waals surface area contributed by atoms with Gasteiger partial charge in [0.05, 0.1) is 15.6 Å². The molecule has 0 spiro atoms. The maximum absolute atomic E-state index is 12.2. The molecule has 0 bridgehead atoms. The van der Waals surface area contributed by atoms with Crippen LogP contribution in [0.2, 0.25) is 5.02 Å². The number of carbonyl (C=O) groups excluding carboxylic acids is 1. The molecule has 2 aromatic carbocycles. The minimum Gasteiger partial charge on any atom is -0.367 e. The van der Waals surface area contributed by atoms with Crippen molar-refractivity contribution in [2.24, 2.45) is 4.99 Å². The summed E-state index contributed by atoms with van der Waals surface area (Å²) in [4.78, 5) is 21.6. The van der Waals surface area contributed by atoms with Crippen molar-refractivity contribution < 1.29 is 4.79 Å². The number of benzene rings is 2. The lowest BCUT2D eigenvalue weighted by Gasteiger charge is -2.37. The van der Waals surface area contributed by atoms with Gasteiger partial charge in [0.15, 0.2) is 5.17 Å². The molecular formula is C22H20ClN3OS. The first kappa shape index (κ1) is 18.8. The number of piperazine rings is 1. The van der Waals surface area contributed by atoms with Crippen molar-refractivity contribution in [3.05, 3.63) is 82.2 Å². The van der Waals surface area contributed by atoms with Crippen molar-refractivity contribution >= 4 is 46.2 Å². The Morgan fingerprint density at radius 3 is 2.36 bits per heavy atom. The summed E-state index contributed by atoms with van der Waals surface area (Å²) in [5.41, 5.74) is 2.17. The van der Waals surface area contributed by atoms with Gasteiger partial charge >= 0.3 is 0 Å². The minimum absolute atomic E-state index is 0.161. The summed E-state index contributed by atoms with van der Waals surface area (Å²) in [7, 11) is 0. The zero-order valence-corrected chi connectivity index (χ0v) is 16.9. The van der Waals surface area contributed by atoms with Gasteiger partial charge in [-0.2, -0.15) is 4.99 Å². The average molecular weight is 410 g/mol. The van der Waals surface area contributed by atoms with Gasteiger partial charge in [-0.3, -0.25) is 4.79 Å². The third-order valence-corrected chi connectivity index (χ3v) is 6.07. The molecule has 0 aliphatic carbocycles. The van der Waals surface area contributed by atoms with E-state index in [9.17, 15) is 4.79 Å². The summed E-state index contributed by atoms with van der Waals surface area (Å²) in [6, 6.07) is 17.9. The third-order valence-electron chi connectivity index (χ3n) is 4.69. The van der Waals surface area contributed by atoms with E-state index in [1.807, 2.05) is 72.8 Å². The highest BCUT2D eigenvalue weighted by Crippen LogP contribution is 2.31. The smallest absolute Gasteiger partial charge is 0.286 e. The molecule has 4 nitrogen and oxygen atoms in total. The van der Waals surface area contributed by atoms with Gasteiger partial charge in [-0.05, 0) is 35.5 Å². The fraction of sp³-hybridized carbons (Fsp3) is 0.182. The highest BCUT2D eigenvalue weighted by molar-refractivity contribution is 8.18. The fourth-order valence-corrected chi connectivity index (χ4v) is 4.38. The van der Waals surface area contributed by atoms with Gasteiger partial charge in [0.1, 0.15) is 0 Å². The van der Waals surface area contributed by atoms with Crippen LogP contribution in [0, 0.1) is 0 Å². The number of aliphatic imine (C=N–C) groups is 1. The Kier molecular flexibility index (Phi) is 5.84. The van der Waals surface area contributed by atoms with Gasteiger partial charge in [-0.15, -0.1) is 0 Å². The second-order valence-electron chi connectivity index (χ2n) is 6.53. The van der Waals surface area contributed by atoms with Gasteiger partial charge < -0.3 is 9.80 Å². The number of carbonyl (C=O) groups is 1. The number of halogens is 1. The van der Waals surface area contributed by atoms with Crippen LogP contribution in [-0.2, 0) is 4.79 Å². The van der Waals surface area contributed by atoms with Crippen LogP contribution in [0.5, 0.6) is 0 Å². The Bertz CT molecular complexity index is 947. The lowest BCUT2D eigenvalue weighted by Crippen LogP contribution is -2.47. The van der Waals surface area contributed by atoms with Crippen LogP contribution >= 0.6 is 23.4 Å². The molecule has 2 aromatic rings. The van der Waals surface area contributed by atoms with Crippen LogP contribution in [0.3, 0.4) is 0 Å². The molecule has 28 heavy (non-hydrogen) atoms. The predicted octanol–water partition coefficient (Wildman–Crippen LogP) is 4.69. The summed E-state index contributed by atoms with van der Waals surface area (Å²) >= 11 is 7.76. The monoisotopic (exact) mass is 409 g/mol. The van der Waals surface area contributed by atoms with Crippen LogP contribution in [0.1, 0.15) is 5.56 Å². The number of hydrogen-bond donors (Lipinski definition) is 0. The SMILES string of the molecule is O=C1N=C(N2CCN(c3ccccc3Cl)CC2)SC1=CC=Cc1ccccc1. The Labute approximate surface area is 174 Å². The first-order valence-corrected chi connectivity index (χ1v) is 10.4. The highest BCUT2D eigenvalue weighted by Gasteiger charge is 2.28. The summed E-state index contributed by atoms with van der Waals surface area (Å²) in [5.74, 6) is -0.161. The van der Waals surface area contributed by atoms with Crippen molar-refractivity contribution in [2.75, 3.05) is 31.1 Å². The van der Waals surface area contributed by atoms with E-state index < -0.39 is 0 Å². The fourth-order valence-electron chi connectivity index (χ4n) is 3.20. The first-order chi connectivity index (χ1) is 13.7. The normalized spacial score (nSPS) is 19.0. The van der Waals surface area contributed by atoms with Gasteiger partial charge in [0.2, 0.25) is 0 Å². The van der Waals surface area contributed by atoms with E-state index in [2.05, 4.69) is 14.8 Å². The maximum Gasteiger partial charge on any atom is 0.286 e. The number of thioether (sulfide) groups is 1. The topological polar surface area (TPSA) is 35.9 Å². The third kappa shape index (κ3) is 4.32. The van der Waals surface area contributed by atoms with Gasteiger partial charge in [-0.25, -0.2) is 0 Å². The molecule has 2 aliphatic heterocycles. The summed E-state index contributed by atoms with van der Waals surface area (Å²) in [6.45, 7) is 3.34. The summed E-state index contributed by atoms with van der Waals surface area (Å²) in [6.07, 6.45) is 5.74. The Balaban J connectivity index is 1.36. The summed E-state index contributed by atoms with van der Waals surface area (Å²) in [5, 5.41) is 1.57. The van der Waals surface area contributed by atoms with Crippen LogP contribution < -0.4 is 4.90 Å². The lowest BCUT2D eigenvalue weighted by molar-refractivity contribution is -0.113. The maximum atomic E-state index is 12.2. The molecule has 2 heterocycles. The summed E-state index contributed by atoms with van der Waals surface area (Å²) < 4.78 is 0. The van der Waals surface area contributed by atoms with E-state index in [0.717, 1.165) is 47.6 Å². The molecule has 0 atom stereocenters. The van der Waals surface area contributed by atoms with Crippen LogP contribution in [0.15, 0.2) is 76.6 Å². The van der Waals surface area contributed by atoms with Gasteiger partial charge in [0, 0.05) is 26.2 Å². The Hall–Kier alpha value is -2.50. The molecule has 6 heteroatoms. The number of amides is 1. The lowest BCUT2D eigenvalue weighted by atomic mass is 10.2. The molecule has 0 aromatic heterocycles. The highest BCUT2D eigenvalue weighted by atomic mass is 35.5. The zero-order chi connectivity index (χ0) is 19.3. The van der Waals surface area contributed by atoms with Crippen molar-refractivity contribution in [2.45, 2.75) is 0 Å². The van der Waals surface area contributed by atoms with Crippen LogP contribution in [0.25, 0.3) is 6.08 Å². The first-order valence-electron chi connectivity index (χ1n) is 9.19. The quantitative estimate of drug-likeness (QED) is 0.689. The zero-order valence-electron chi connectivity index (χ0n) is 15.3. The van der Waals surface area contributed by atoms with E-state index >= 15 is 0 Å².